The number of allylic oxidation sites excluding steroid dienone is 1. The first-order valence-corrected chi connectivity index (χ1v) is 7.67. The van der Waals surface area contributed by atoms with Crippen molar-refractivity contribution in [1.29, 1.82) is 0 Å². The van der Waals surface area contributed by atoms with E-state index >= 15 is 0 Å². The largest absolute Gasteiger partial charge is 1.00 e. The van der Waals surface area contributed by atoms with Gasteiger partial charge in [0.15, 0.2) is 5.78 Å². The van der Waals surface area contributed by atoms with E-state index in [4.69, 9.17) is 0 Å². The van der Waals surface area contributed by atoms with Gasteiger partial charge in [-0.25, -0.2) is 0 Å². The van der Waals surface area contributed by atoms with Gasteiger partial charge in [-0.2, -0.15) is 0 Å². The average molecular weight is 328 g/mol. The van der Waals surface area contributed by atoms with Crippen molar-refractivity contribution in [1.82, 2.24) is 0 Å². The average Bonchev–Trinajstić information content (AvgIpc) is 2.20. The van der Waals surface area contributed by atoms with Gasteiger partial charge in [-0.3, -0.25) is 4.79 Å². The molecule has 0 aromatic carbocycles. The zero-order valence-corrected chi connectivity index (χ0v) is 12.6. The maximum atomic E-state index is 11.1. The molecule has 0 amide bonds. The molecule has 0 aromatic heterocycles. The molecule has 0 aliphatic heterocycles. The molecule has 84 valence electrons. The maximum Gasteiger partial charge on any atom is 0.158 e. The minimum Gasteiger partial charge on any atom is -1.00 e. The monoisotopic (exact) mass is 328 g/mol. The van der Waals surface area contributed by atoms with Crippen LogP contribution in [0, 0.1) is 0 Å². The summed E-state index contributed by atoms with van der Waals surface area (Å²) in [6.07, 6.45) is 7.14. The van der Waals surface area contributed by atoms with Crippen molar-refractivity contribution in [3.63, 3.8) is 0 Å². The summed E-state index contributed by atoms with van der Waals surface area (Å²) >= 11 is 0. The van der Waals surface area contributed by atoms with E-state index in [9.17, 15) is 4.79 Å². The molecule has 0 heterocycles. The van der Waals surface area contributed by atoms with Crippen molar-refractivity contribution in [3.05, 3.63) is 12.7 Å². The van der Waals surface area contributed by atoms with Crippen LogP contribution < -0.4 is 24.0 Å². The summed E-state index contributed by atoms with van der Waals surface area (Å²) in [5.41, 5.74) is 0. The van der Waals surface area contributed by atoms with Crippen LogP contribution in [0.2, 0.25) is 0 Å². The second kappa shape index (κ2) is 8.84. The van der Waals surface area contributed by atoms with E-state index in [1.807, 2.05) is 0 Å². The highest BCUT2D eigenvalue weighted by atomic mass is 127. The molecule has 3 heteroatoms. The van der Waals surface area contributed by atoms with Gasteiger partial charge in [0.05, 0.1) is 24.6 Å². The highest BCUT2D eigenvalue weighted by molar-refractivity contribution is 7.75. The third-order valence-electron chi connectivity index (χ3n) is 3.07. The van der Waals surface area contributed by atoms with E-state index in [2.05, 4.69) is 27.4 Å². The van der Waals surface area contributed by atoms with Gasteiger partial charge < -0.3 is 24.0 Å². The molecule has 0 saturated heterocycles. The van der Waals surface area contributed by atoms with Gasteiger partial charge in [0.1, 0.15) is 0 Å². The number of ketones is 1. The predicted octanol–water partition coefficient (Wildman–Crippen LogP) is 0.213. The first-order chi connectivity index (χ1) is 6.14. The van der Waals surface area contributed by atoms with E-state index in [0.717, 1.165) is 6.16 Å². The van der Waals surface area contributed by atoms with Crippen molar-refractivity contribution in [3.8, 4) is 0 Å². The van der Waals surface area contributed by atoms with E-state index < -0.39 is 7.26 Å². The molecule has 0 aliphatic carbocycles. The van der Waals surface area contributed by atoms with Crippen LogP contribution in [-0.2, 0) is 4.79 Å². The van der Waals surface area contributed by atoms with Gasteiger partial charge >= 0.3 is 0 Å². The lowest BCUT2D eigenvalue weighted by molar-refractivity contribution is -0.114. The van der Waals surface area contributed by atoms with E-state index in [0.29, 0.717) is 6.42 Å². The van der Waals surface area contributed by atoms with E-state index in [-0.39, 0.29) is 29.8 Å². The lowest BCUT2D eigenvalue weighted by atomic mass is 10.3. The summed E-state index contributed by atoms with van der Waals surface area (Å²) in [5, 5.41) is 0. The summed E-state index contributed by atoms with van der Waals surface area (Å²) in [6, 6.07) is 0. The zero-order chi connectivity index (χ0) is 10.3. The van der Waals surface area contributed by atoms with Gasteiger partial charge in [-0.15, -0.1) is 0 Å². The van der Waals surface area contributed by atoms with Crippen molar-refractivity contribution in [2.45, 2.75) is 27.2 Å². The highest BCUT2D eigenvalue weighted by Gasteiger charge is 2.30. The van der Waals surface area contributed by atoms with Crippen molar-refractivity contribution in [2.24, 2.45) is 0 Å². The molecule has 0 unspecified atom stereocenters. The Balaban J connectivity index is 0. The fraction of sp³-hybridized carbons (Fsp3) is 0.727. The topological polar surface area (TPSA) is 17.1 Å². The zero-order valence-electron chi connectivity index (χ0n) is 9.55. The third-order valence-corrected chi connectivity index (χ3v) is 8.27. The number of halogens is 1. The Kier molecular flexibility index (Phi) is 10.7. The molecule has 0 rings (SSSR count). The Morgan fingerprint density at radius 1 is 1.21 bits per heavy atom. The molecule has 0 radical (unpaired) electrons. The first-order valence-electron chi connectivity index (χ1n) is 5.14. The maximum absolute atomic E-state index is 11.1. The van der Waals surface area contributed by atoms with Crippen LogP contribution in [0.4, 0.5) is 0 Å². The number of carbonyl (C=O) groups is 1. The van der Waals surface area contributed by atoms with Crippen molar-refractivity contribution in [2.75, 3.05) is 24.6 Å². The number of rotatable bonds is 7. The fourth-order valence-electron chi connectivity index (χ4n) is 1.59. The SMILES string of the molecule is C=CC(=O)CC[P+](CC)(CC)CC.[I-]. The molecule has 0 fully saturated rings. The van der Waals surface area contributed by atoms with Crippen LogP contribution in [-0.4, -0.2) is 30.4 Å². The number of hydrogen-bond donors (Lipinski definition) is 0. The fourth-order valence-corrected chi connectivity index (χ4v) is 4.58. The Bertz CT molecular complexity index is 168. The molecule has 0 saturated carbocycles. The van der Waals surface area contributed by atoms with E-state index in [1.165, 1.54) is 24.6 Å². The Labute approximate surface area is 106 Å². The van der Waals surface area contributed by atoms with Crippen LogP contribution in [0.15, 0.2) is 12.7 Å². The standard InChI is InChI=1S/C11H22OP.HI/c1-5-11(12)9-10-13(6-2,7-3)8-4;/h5H,1,6-10H2,2-4H3;1H/q+1;/p-1. The molecule has 0 spiro atoms. The lowest BCUT2D eigenvalue weighted by Crippen LogP contribution is -3.00. The molecule has 14 heavy (non-hydrogen) atoms. The molecular formula is C11H22IOP. The predicted molar refractivity (Wildman–Crippen MR) is 63.2 cm³/mol. The van der Waals surface area contributed by atoms with Gasteiger partial charge in [0, 0.05) is 13.7 Å². The van der Waals surface area contributed by atoms with Gasteiger partial charge in [-0.1, -0.05) is 6.58 Å². The quantitative estimate of drug-likeness (QED) is 0.371. The van der Waals surface area contributed by atoms with Crippen molar-refractivity contribution < 1.29 is 28.8 Å². The normalized spacial score (nSPS) is 10.5. The Morgan fingerprint density at radius 2 is 1.64 bits per heavy atom. The van der Waals surface area contributed by atoms with Crippen LogP contribution in [0.5, 0.6) is 0 Å². The molecule has 0 bridgehead atoms. The first kappa shape index (κ1) is 17.0. The highest BCUT2D eigenvalue weighted by Crippen LogP contribution is 2.58. The second-order valence-corrected chi connectivity index (χ2v) is 8.46. The van der Waals surface area contributed by atoms with Crippen LogP contribution in [0.25, 0.3) is 0 Å². The smallest absolute Gasteiger partial charge is 0.158 e. The molecule has 0 aliphatic rings. The third kappa shape index (κ3) is 5.45. The number of hydrogen-bond acceptors (Lipinski definition) is 1. The number of carbonyl (C=O) groups excluding carboxylic acids is 1. The second-order valence-electron chi connectivity index (χ2n) is 3.43. The summed E-state index contributed by atoms with van der Waals surface area (Å²) in [6.45, 7) is 10.3. The van der Waals surface area contributed by atoms with Gasteiger partial charge in [0.2, 0.25) is 0 Å². The summed E-state index contributed by atoms with van der Waals surface area (Å²) in [5.74, 6) is 0.208. The van der Waals surface area contributed by atoms with E-state index in [1.54, 1.807) is 0 Å². The molecule has 0 N–H and O–H groups in total. The Morgan fingerprint density at radius 3 is 1.93 bits per heavy atom. The molecule has 0 aromatic rings. The van der Waals surface area contributed by atoms with Crippen LogP contribution in [0.3, 0.4) is 0 Å². The minimum atomic E-state index is -0.775. The van der Waals surface area contributed by atoms with Gasteiger partial charge in [0.25, 0.3) is 0 Å². The lowest BCUT2D eigenvalue weighted by Gasteiger charge is -2.22. The van der Waals surface area contributed by atoms with Crippen LogP contribution >= 0.6 is 7.26 Å². The Hall–Kier alpha value is 0.570. The minimum absolute atomic E-state index is 0. The van der Waals surface area contributed by atoms with Crippen molar-refractivity contribution >= 4 is 13.0 Å². The summed E-state index contributed by atoms with van der Waals surface area (Å²) in [7, 11) is -0.775. The summed E-state index contributed by atoms with van der Waals surface area (Å²) < 4.78 is 0. The van der Waals surface area contributed by atoms with Gasteiger partial charge in [-0.05, 0) is 26.8 Å². The van der Waals surface area contributed by atoms with Crippen LogP contribution in [0.1, 0.15) is 27.2 Å². The molecule has 1 nitrogen and oxygen atoms in total. The summed E-state index contributed by atoms with van der Waals surface area (Å²) in [4.78, 5) is 11.1. The molecular weight excluding hydrogens is 306 g/mol. The molecule has 0 atom stereocenters.